The van der Waals surface area contributed by atoms with E-state index in [0.29, 0.717) is 48.0 Å². The van der Waals surface area contributed by atoms with Crippen molar-refractivity contribution in [2.45, 2.75) is 44.6 Å². The first-order valence-corrected chi connectivity index (χ1v) is 12.8. The average molecular weight is 486 g/mol. The Morgan fingerprint density at radius 3 is 2.18 bits per heavy atom. The zero-order chi connectivity index (χ0) is 24.7. The molecule has 0 aliphatic carbocycles. The molecular formula is C25H31N3O5S. The monoisotopic (exact) mass is 485 g/mol. The second-order valence-corrected chi connectivity index (χ2v) is 11.2. The van der Waals surface area contributed by atoms with Crippen LogP contribution >= 0.6 is 0 Å². The van der Waals surface area contributed by atoms with Gasteiger partial charge in [-0.15, -0.1) is 0 Å². The molecule has 34 heavy (non-hydrogen) atoms. The summed E-state index contributed by atoms with van der Waals surface area (Å²) in [5, 5.41) is 6.30. The number of aryl methyl sites for hydroxylation is 1. The minimum Gasteiger partial charge on any atom is -0.493 e. The van der Waals surface area contributed by atoms with Crippen LogP contribution in [-0.4, -0.2) is 62.7 Å². The summed E-state index contributed by atoms with van der Waals surface area (Å²) >= 11 is 0. The van der Waals surface area contributed by atoms with Crippen LogP contribution in [0.25, 0.3) is 0 Å². The van der Waals surface area contributed by atoms with Gasteiger partial charge in [-0.1, -0.05) is 17.7 Å². The van der Waals surface area contributed by atoms with Crippen molar-refractivity contribution in [1.82, 2.24) is 9.31 Å². The molecule has 1 saturated heterocycles. The Labute approximate surface area is 201 Å². The van der Waals surface area contributed by atoms with E-state index in [4.69, 9.17) is 14.6 Å². The van der Waals surface area contributed by atoms with Crippen molar-refractivity contribution in [2.75, 3.05) is 27.3 Å². The second kappa shape index (κ2) is 9.03. The molecule has 0 N–H and O–H groups in total. The van der Waals surface area contributed by atoms with Crippen LogP contribution in [0.5, 0.6) is 11.5 Å². The van der Waals surface area contributed by atoms with Crippen LogP contribution in [0.15, 0.2) is 52.5 Å². The van der Waals surface area contributed by atoms with E-state index in [2.05, 4.69) is 0 Å². The molecule has 0 bridgehead atoms. The lowest BCUT2D eigenvalue weighted by Gasteiger charge is -2.35. The van der Waals surface area contributed by atoms with E-state index < -0.39 is 15.4 Å². The van der Waals surface area contributed by atoms with Gasteiger partial charge in [0.15, 0.2) is 11.5 Å². The average Bonchev–Trinajstić information content (AvgIpc) is 3.07. The summed E-state index contributed by atoms with van der Waals surface area (Å²) in [6.45, 7) is 6.33. The number of rotatable bonds is 6. The van der Waals surface area contributed by atoms with E-state index in [1.807, 2.05) is 32.9 Å². The Bertz CT molecular complexity index is 1210. The smallest absolute Gasteiger partial charge is 0.254 e. The highest BCUT2D eigenvalue weighted by Gasteiger charge is 2.47. The molecule has 2 aliphatic rings. The van der Waals surface area contributed by atoms with Gasteiger partial charge < -0.3 is 9.47 Å². The molecule has 8 nitrogen and oxygen atoms in total. The summed E-state index contributed by atoms with van der Waals surface area (Å²) in [6, 6.07) is 12.2. The van der Waals surface area contributed by atoms with Crippen LogP contribution in [0.1, 0.15) is 37.8 Å². The predicted molar refractivity (Wildman–Crippen MR) is 130 cm³/mol. The Kier molecular flexibility index (Phi) is 6.44. The van der Waals surface area contributed by atoms with Gasteiger partial charge in [0.2, 0.25) is 10.0 Å². The highest BCUT2D eigenvalue weighted by atomic mass is 32.2. The molecule has 0 spiro atoms. The number of amides is 1. The van der Waals surface area contributed by atoms with Crippen molar-refractivity contribution >= 4 is 21.6 Å². The van der Waals surface area contributed by atoms with E-state index in [1.54, 1.807) is 49.6 Å². The Morgan fingerprint density at radius 2 is 1.59 bits per heavy atom. The van der Waals surface area contributed by atoms with E-state index in [-0.39, 0.29) is 11.9 Å². The summed E-state index contributed by atoms with van der Waals surface area (Å²) in [5.74, 6) is 1.09. The third-order valence-electron chi connectivity index (χ3n) is 6.63. The Balaban J connectivity index is 1.54. The molecule has 182 valence electrons. The predicted octanol–water partition coefficient (Wildman–Crippen LogP) is 3.44. The molecule has 0 aromatic heterocycles. The molecular weight excluding hydrogens is 454 g/mol. The fourth-order valence-corrected chi connectivity index (χ4v) is 5.97. The molecule has 0 unspecified atom stereocenters. The van der Waals surface area contributed by atoms with Gasteiger partial charge >= 0.3 is 0 Å². The van der Waals surface area contributed by atoms with Gasteiger partial charge in [0, 0.05) is 18.7 Å². The van der Waals surface area contributed by atoms with Crippen molar-refractivity contribution in [2.24, 2.45) is 10.5 Å². The molecule has 9 heteroatoms. The van der Waals surface area contributed by atoms with E-state index in [1.165, 1.54) is 4.31 Å². The molecule has 2 aromatic rings. The molecule has 2 heterocycles. The van der Waals surface area contributed by atoms with E-state index >= 15 is 0 Å². The number of carbonyl (C=O) groups is 1. The van der Waals surface area contributed by atoms with Gasteiger partial charge in [0.25, 0.3) is 5.91 Å². The van der Waals surface area contributed by atoms with Gasteiger partial charge in [-0.3, -0.25) is 4.79 Å². The summed E-state index contributed by atoms with van der Waals surface area (Å²) in [4.78, 5) is 13.6. The number of hydrogen-bond acceptors (Lipinski definition) is 6. The Hall–Kier alpha value is -2.91. The van der Waals surface area contributed by atoms with E-state index in [0.717, 1.165) is 11.1 Å². The number of piperidine rings is 1. The summed E-state index contributed by atoms with van der Waals surface area (Å²) in [5.41, 5.74) is 1.65. The summed E-state index contributed by atoms with van der Waals surface area (Å²) < 4.78 is 38.3. The lowest BCUT2D eigenvalue weighted by molar-refractivity contribution is -0.137. The number of methoxy groups -OCH3 is 2. The fraction of sp³-hybridized carbons (Fsp3) is 0.440. The maximum atomic E-state index is 13.3. The highest BCUT2D eigenvalue weighted by Crippen LogP contribution is 2.38. The minimum atomic E-state index is -3.56. The van der Waals surface area contributed by atoms with Crippen molar-refractivity contribution in [1.29, 1.82) is 0 Å². The quantitative estimate of drug-likeness (QED) is 0.625. The first-order valence-electron chi connectivity index (χ1n) is 11.3. The molecule has 2 aromatic carbocycles. The van der Waals surface area contributed by atoms with Crippen molar-refractivity contribution in [3.63, 3.8) is 0 Å². The van der Waals surface area contributed by atoms with Crippen LogP contribution in [0.3, 0.4) is 0 Å². The molecule has 4 rings (SSSR count). The van der Waals surface area contributed by atoms with Gasteiger partial charge in [-0.25, -0.2) is 13.4 Å². The zero-order valence-corrected chi connectivity index (χ0v) is 21.1. The van der Waals surface area contributed by atoms with Crippen molar-refractivity contribution in [3.8, 4) is 11.5 Å². The third kappa shape index (κ3) is 4.18. The SMILES string of the molecule is COc1ccc(C2=NN(C3CCN(S(=O)(=O)c4ccc(C)cc4)CC3)C(=O)C2(C)C)cc1OC. The van der Waals surface area contributed by atoms with Crippen LogP contribution < -0.4 is 9.47 Å². The highest BCUT2D eigenvalue weighted by molar-refractivity contribution is 7.89. The molecule has 2 aliphatic heterocycles. The molecule has 0 atom stereocenters. The maximum absolute atomic E-state index is 13.3. The van der Waals surface area contributed by atoms with Crippen LogP contribution in [0.2, 0.25) is 0 Å². The molecule has 0 radical (unpaired) electrons. The number of sulfonamides is 1. The molecule has 0 saturated carbocycles. The number of carbonyl (C=O) groups excluding carboxylic acids is 1. The lowest BCUT2D eigenvalue weighted by Crippen LogP contribution is -2.47. The summed E-state index contributed by atoms with van der Waals surface area (Å²) in [7, 11) is -0.419. The van der Waals surface area contributed by atoms with Crippen LogP contribution in [-0.2, 0) is 14.8 Å². The van der Waals surface area contributed by atoms with Gasteiger partial charge in [0.1, 0.15) is 0 Å². The van der Waals surface area contributed by atoms with Crippen molar-refractivity contribution < 1.29 is 22.7 Å². The number of hydrazone groups is 1. The van der Waals surface area contributed by atoms with Crippen LogP contribution in [0, 0.1) is 12.3 Å². The topological polar surface area (TPSA) is 88.5 Å². The van der Waals surface area contributed by atoms with Gasteiger partial charge in [-0.05, 0) is 63.9 Å². The number of hydrogen-bond donors (Lipinski definition) is 0. The van der Waals surface area contributed by atoms with Crippen LogP contribution in [0.4, 0.5) is 0 Å². The van der Waals surface area contributed by atoms with Gasteiger partial charge in [-0.2, -0.15) is 9.41 Å². The molecule has 1 amide bonds. The minimum absolute atomic E-state index is 0.0860. The summed E-state index contributed by atoms with van der Waals surface area (Å²) in [6.07, 6.45) is 1.05. The first-order chi connectivity index (χ1) is 16.1. The number of benzene rings is 2. The first kappa shape index (κ1) is 24.2. The number of nitrogens with zero attached hydrogens (tertiary/aromatic N) is 3. The number of ether oxygens (including phenoxy) is 2. The fourth-order valence-electron chi connectivity index (χ4n) is 4.50. The van der Waals surface area contributed by atoms with Crippen molar-refractivity contribution in [3.05, 3.63) is 53.6 Å². The third-order valence-corrected chi connectivity index (χ3v) is 8.54. The largest absolute Gasteiger partial charge is 0.493 e. The maximum Gasteiger partial charge on any atom is 0.254 e. The second-order valence-electron chi connectivity index (χ2n) is 9.24. The lowest BCUT2D eigenvalue weighted by atomic mass is 9.83. The molecule has 1 fully saturated rings. The standard InChI is InChI=1S/C25H31N3O5S/c1-17-6-9-20(10-7-17)34(30,31)27-14-12-19(13-15-27)28-24(29)25(2,3)23(26-28)18-8-11-21(32-4)22(16-18)33-5/h6-11,16,19H,12-15H2,1-5H3. The Morgan fingerprint density at radius 1 is 0.971 bits per heavy atom. The normalized spacial score (nSPS) is 19.3. The van der Waals surface area contributed by atoms with E-state index in [9.17, 15) is 13.2 Å². The van der Waals surface area contributed by atoms with Gasteiger partial charge in [0.05, 0.1) is 36.3 Å². The zero-order valence-electron chi connectivity index (χ0n) is 20.2.